The molecule has 0 aliphatic heterocycles. The Morgan fingerprint density at radius 3 is 2.31 bits per heavy atom. The van der Waals surface area contributed by atoms with Gasteiger partial charge in [-0.15, -0.1) is 0 Å². The summed E-state index contributed by atoms with van der Waals surface area (Å²) in [5.74, 6) is -4.70. The molecule has 0 bridgehead atoms. The van der Waals surface area contributed by atoms with Crippen LogP contribution < -0.4 is 5.73 Å². The molecule has 0 aliphatic rings. The molecule has 3 aromatic carbocycles. The number of benzene rings is 3. The lowest BCUT2D eigenvalue weighted by molar-refractivity contribution is -0.154. The van der Waals surface area contributed by atoms with Gasteiger partial charge in [0.15, 0.2) is 0 Å². The van der Waals surface area contributed by atoms with E-state index in [0.29, 0.717) is 16.3 Å². The summed E-state index contributed by atoms with van der Waals surface area (Å²) >= 11 is 0. The molecule has 0 spiro atoms. The summed E-state index contributed by atoms with van der Waals surface area (Å²) in [5.41, 5.74) is 6.81. The number of carbonyl (C=O) groups excluding carboxylic acids is 1. The van der Waals surface area contributed by atoms with Gasteiger partial charge in [-0.3, -0.25) is 4.79 Å². The number of carboxylic acid groups (broad SMARTS) is 1. The van der Waals surface area contributed by atoms with Gasteiger partial charge in [0.05, 0.1) is 4.90 Å². The minimum atomic E-state index is -4.73. The number of fused-ring (bicyclic) bond motifs is 1. The number of esters is 1. The standard InChI is InChI=1S/C24H23NO6S/c1-2-15-31-23(28)24(25,20(22(26)27)16-17-9-4-3-5-10-17)32(29,30)21-14-8-12-18-11-6-7-13-19(18)21/h2-14,20H,1,15-16,25H2,(H,26,27)/t20?,24-/m1/s1. The lowest BCUT2D eigenvalue weighted by atomic mass is 9.92. The van der Waals surface area contributed by atoms with E-state index in [1.165, 1.54) is 18.2 Å². The van der Waals surface area contributed by atoms with E-state index in [-0.39, 0.29) is 17.9 Å². The fourth-order valence-corrected chi connectivity index (χ4v) is 5.50. The summed E-state index contributed by atoms with van der Waals surface area (Å²) in [4.78, 5) is 22.2. The van der Waals surface area contributed by atoms with Crippen LogP contribution in [0.5, 0.6) is 0 Å². The van der Waals surface area contributed by atoms with E-state index < -0.39 is 32.6 Å². The molecule has 0 saturated carbocycles. The van der Waals surface area contributed by atoms with Crippen molar-refractivity contribution in [1.29, 1.82) is 0 Å². The highest BCUT2D eigenvalue weighted by atomic mass is 32.2. The van der Waals surface area contributed by atoms with Crippen molar-refractivity contribution >= 4 is 32.5 Å². The highest BCUT2D eigenvalue weighted by Crippen LogP contribution is 2.35. The van der Waals surface area contributed by atoms with Gasteiger partial charge in [-0.2, -0.15) is 0 Å². The van der Waals surface area contributed by atoms with Gasteiger partial charge in [0.2, 0.25) is 14.7 Å². The number of sulfone groups is 1. The van der Waals surface area contributed by atoms with E-state index >= 15 is 0 Å². The second kappa shape index (κ2) is 9.33. The first-order valence-electron chi connectivity index (χ1n) is 9.79. The normalized spacial score (nSPS) is 14.3. The molecule has 3 N–H and O–H groups in total. The topological polar surface area (TPSA) is 124 Å². The summed E-state index contributed by atoms with van der Waals surface area (Å²) in [7, 11) is -4.73. The Hall–Kier alpha value is -3.49. The molecule has 0 heterocycles. The molecular formula is C24H23NO6S. The molecule has 0 amide bonds. The van der Waals surface area contributed by atoms with Gasteiger partial charge in [0, 0.05) is 5.39 Å². The minimum absolute atomic E-state index is 0.243. The fraction of sp³-hybridized carbons (Fsp3) is 0.167. The average molecular weight is 454 g/mol. The van der Waals surface area contributed by atoms with Crippen molar-refractivity contribution in [2.45, 2.75) is 16.2 Å². The Morgan fingerprint density at radius 1 is 1.03 bits per heavy atom. The van der Waals surface area contributed by atoms with Gasteiger partial charge in [-0.1, -0.05) is 79.4 Å². The van der Waals surface area contributed by atoms with E-state index in [1.807, 2.05) is 0 Å². The van der Waals surface area contributed by atoms with Crippen LogP contribution >= 0.6 is 0 Å². The van der Waals surface area contributed by atoms with E-state index in [0.717, 1.165) is 0 Å². The Balaban J connectivity index is 2.24. The zero-order valence-corrected chi connectivity index (χ0v) is 18.0. The smallest absolute Gasteiger partial charge is 0.343 e. The van der Waals surface area contributed by atoms with Gasteiger partial charge in [0.1, 0.15) is 12.5 Å². The zero-order valence-electron chi connectivity index (χ0n) is 17.2. The maximum Gasteiger partial charge on any atom is 0.343 e. The Kier molecular flexibility index (Phi) is 6.76. The summed E-state index contributed by atoms with van der Waals surface area (Å²) in [6.07, 6.45) is 0.954. The fourth-order valence-electron chi connectivity index (χ4n) is 3.57. The lowest BCUT2D eigenvalue weighted by Gasteiger charge is -2.32. The van der Waals surface area contributed by atoms with Crippen molar-refractivity contribution in [3.05, 3.63) is 91.0 Å². The number of ether oxygens (including phenoxy) is 1. The first-order chi connectivity index (χ1) is 15.2. The monoisotopic (exact) mass is 453 g/mol. The molecule has 0 saturated heterocycles. The Morgan fingerprint density at radius 2 is 1.66 bits per heavy atom. The van der Waals surface area contributed by atoms with Crippen molar-refractivity contribution in [3.8, 4) is 0 Å². The summed E-state index contributed by atoms with van der Waals surface area (Å²) in [6.45, 7) is 3.12. The lowest BCUT2D eigenvalue weighted by Crippen LogP contribution is -2.63. The van der Waals surface area contributed by atoms with Crippen LogP contribution in [-0.2, 0) is 30.6 Å². The van der Waals surface area contributed by atoms with Crippen molar-refractivity contribution in [1.82, 2.24) is 0 Å². The van der Waals surface area contributed by atoms with E-state index in [9.17, 15) is 23.1 Å². The van der Waals surface area contributed by atoms with Crippen LogP contribution in [0.2, 0.25) is 0 Å². The summed E-state index contributed by atoms with van der Waals surface area (Å²) in [5, 5.41) is 10.9. The summed E-state index contributed by atoms with van der Waals surface area (Å²) in [6, 6.07) is 19.6. The van der Waals surface area contributed by atoms with Gasteiger partial charge in [-0.25, -0.2) is 13.2 Å². The van der Waals surface area contributed by atoms with Crippen molar-refractivity contribution in [2.24, 2.45) is 11.7 Å². The molecule has 0 radical (unpaired) electrons. The molecule has 3 aromatic rings. The third-order valence-corrected chi connectivity index (χ3v) is 7.51. The molecule has 3 rings (SSSR count). The molecule has 8 heteroatoms. The maximum absolute atomic E-state index is 13.9. The number of carbonyl (C=O) groups is 2. The maximum atomic E-state index is 13.9. The van der Waals surface area contributed by atoms with Crippen LogP contribution in [0.1, 0.15) is 5.56 Å². The van der Waals surface area contributed by atoms with Gasteiger partial charge >= 0.3 is 11.9 Å². The molecule has 0 aromatic heterocycles. The van der Waals surface area contributed by atoms with Crippen molar-refractivity contribution in [3.63, 3.8) is 0 Å². The van der Waals surface area contributed by atoms with Crippen LogP contribution in [0.15, 0.2) is 90.3 Å². The van der Waals surface area contributed by atoms with E-state index in [1.54, 1.807) is 60.7 Å². The second-order valence-corrected chi connectivity index (χ2v) is 9.36. The molecule has 7 nitrogen and oxygen atoms in total. The number of hydrogen-bond acceptors (Lipinski definition) is 6. The quantitative estimate of drug-likeness (QED) is 0.377. The predicted molar refractivity (Wildman–Crippen MR) is 120 cm³/mol. The number of carboxylic acids is 1. The molecule has 1 unspecified atom stereocenters. The molecule has 2 atom stereocenters. The van der Waals surface area contributed by atoms with Crippen LogP contribution in [0.25, 0.3) is 10.8 Å². The number of rotatable bonds is 9. The van der Waals surface area contributed by atoms with Gasteiger partial charge < -0.3 is 15.6 Å². The van der Waals surface area contributed by atoms with E-state index in [4.69, 9.17) is 10.5 Å². The molecule has 0 aliphatic carbocycles. The molecular weight excluding hydrogens is 430 g/mol. The first-order valence-corrected chi connectivity index (χ1v) is 11.3. The van der Waals surface area contributed by atoms with E-state index in [2.05, 4.69) is 6.58 Å². The largest absolute Gasteiger partial charge is 0.481 e. The van der Waals surface area contributed by atoms with Crippen LogP contribution in [0, 0.1) is 5.92 Å². The Bertz CT molecular complexity index is 1250. The number of nitrogens with two attached hydrogens (primary N) is 1. The zero-order chi connectivity index (χ0) is 23.4. The number of hydrogen-bond donors (Lipinski definition) is 2. The first kappa shape index (κ1) is 23.2. The SMILES string of the molecule is C=CCOC(=O)[C@@](N)(C(Cc1ccccc1)C(=O)O)S(=O)(=O)c1cccc2ccccc12. The number of aliphatic carboxylic acids is 1. The van der Waals surface area contributed by atoms with Gasteiger partial charge in [0.25, 0.3) is 0 Å². The molecule has 32 heavy (non-hydrogen) atoms. The highest BCUT2D eigenvalue weighted by molar-refractivity contribution is 7.93. The Labute approximate surface area is 186 Å². The predicted octanol–water partition coefficient (Wildman–Crippen LogP) is 2.94. The van der Waals surface area contributed by atoms with Crippen LogP contribution in [0.4, 0.5) is 0 Å². The minimum Gasteiger partial charge on any atom is -0.481 e. The highest BCUT2D eigenvalue weighted by Gasteiger charge is 2.58. The van der Waals surface area contributed by atoms with Crippen molar-refractivity contribution in [2.75, 3.05) is 6.61 Å². The molecule has 166 valence electrons. The third kappa shape index (κ3) is 4.15. The second-order valence-electron chi connectivity index (χ2n) is 7.24. The summed E-state index contributed by atoms with van der Waals surface area (Å²) < 4.78 is 32.8. The third-order valence-electron chi connectivity index (χ3n) is 5.23. The average Bonchev–Trinajstić information content (AvgIpc) is 2.80. The van der Waals surface area contributed by atoms with Gasteiger partial charge in [-0.05, 0) is 23.4 Å². The van der Waals surface area contributed by atoms with Crippen molar-refractivity contribution < 1.29 is 27.9 Å². The van der Waals surface area contributed by atoms with Crippen LogP contribution in [-0.4, -0.2) is 36.9 Å². The van der Waals surface area contributed by atoms with Crippen LogP contribution in [0.3, 0.4) is 0 Å². The molecule has 0 fully saturated rings.